The average molecular weight is 497 g/mol. The van der Waals surface area contributed by atoms with Crippen LogP contribution in [-0.2, 0) is 16.6 Å². The molecule has 2 saturated carbocycles. The third kappa shape index (κ3) is 6.21. The molecule has 1 nitrogen and oxygen atoms in total. The summed E-state index contributed by atoms with van der Waals surface area (Å²) < 4.78 is 36.2. The van der Waals surface area contributed by atoms with Gasteiger partial charge < -0.3 is 4.74 Å². The lowest BCUT2D eigenvalue weighted by Gasteiger charge is -2.43. The number of methoxy groups -OCH3 is 1. The quantitative estimate of drug-likeness (QED) is 0.318. The molecule has 1 atom stereocenters. The minimum absolute atomic E-state index is 0.0814. The maximum Gasteiger partial charge on any atom is 0.131 e. The molecule has 198 valence electrons. The van der Waals surface area contributed by atoms with E-state index in [1.807, 2.05) is 24.3 Å². The van der Waals surface area contributed by atoms with E-state index in [2.05, 4.69) is 13.8 Å². The van der Waals surface area contributed by atoms with E-state index in [9.17, 15) is 0 Å². The van der Waals surface area contributed by atoms with Crippen LogP contribution in [0.5, 0.6) is 0 Å². The normalized spacial score (nSPS) is 22.9. The topological polar surface area (TPSA) is 9.23 Å². The minimum Gasteiger partial charge on any atom is -0.384 e. The van der Waals surface area contributed by atoms with Crippen molar-refractivity contribution in [2.24, 2.45) is 17.8 Å². The molecule has 0 spiro atoms. The summed E-state index contributed by atoms with van der Waals surface area (Å²) in [7, 11) is 1.79. The van der Waals surface area contributed by atoms with Crippen LogP contribution < -0.4 is 0 Å². The molecule has 4 rings (SSSR count). The zero-order valence-corrected chi connectivity index (χ0v) is 22.8. The maximum atomic E-state index is 15.6. The number of benzene rings is 2. The molecule has 0 aromatic heterocycles. The van der Waals surface area contributed by atoms with Gasteiger partial charge in [-0.1, -0.05) is 83.1 Å². The first-order valence-electron chi connectivity index (χ1n) is 14.5. The summed E-state index contributed by atoms with van der Waals surface area (Å²) in [5, 5.41) is 0. The van der Waals surface area contributed by atoms with Crippen molar-refractivity contribution < 1.29 is 13.5 Å². The van der Waals surface area contributed by atoms with E-state index in [1.165, 1.54) is 44.9 Å². The first-order valence-corrected chi connectivity index (χ1v) is 14.5. The summed E-state index contributed by atoms with van der Waals surface area (Å²) in [6, 6.07) is 11.1. The van der Waals surface area contributed by atoms with Crippen LogP contribution in [0.15, 0.2) is 36.4 Å². The van der Waals surface area contributed by atoms with Crippen molar-refractivity contribution in [2.75, 3.05) is 13.7 Å². The van der Waals surface area contributed by atoms with Crippen LogP contribution >= 0.6 is 0 Å². The highest BCUT2D eigenvalue weighted by Gasteiger charge is 2.40. The molecule has 1 unspecified atom stereocenters. The highest BCUT2D eigenvalue weighted by Crippen LogP contribution is 2.48. The fourth-order valence-corrected chi connectivity index (χ4v) is 7.25. The number of hydrogen-bond donors (Lipinski definition) is 0. The van der Waals surface area contributed by atoms with E-state index in [4.69, 9.17) is 4.74 Å². The molecule has 2 aliphatic rings. The van der Waals surface area contributed by atoms with Crippen molar-refractivity contribution in [2.45, 2.75) is 103 Å². The fourth-order valence-electron chi connectivity index (χ4n) is 7.25. The van der Waals surface area contributed by atoms with Gasteiger partial charge in [-0.05, 0) is 85.1 Å². The van der Waals surface area contributed by atoms with Gasteiger partial charge in [0, 0.05) is 24.7 Å². The van der Waals surface area contributed by atoms with Gasteiger partial charge in [0.2, 0.25) is 0 Å². The summed E-state index contributed by atoms with van der Waals surface area (Å²) in [5.74, 6) is 1.48. The monoisotopic (exact) mass is 496 g/mol. The van der Waals surface area contributed by atoms with Gasteiger partial charge in [0.1, 0.15) is 11.6 Å². The molecular formula is C33H46F2O. The Morgan fingerprint density at radius 3 is 2.28 bits per heavy atom. The highest BCUT2D eigenvalue weighted by atomic mass is 19.1. The van der Waals surface area contributed by atoms with E-state index in [1.54, 1.807) is 19.2 Å². The zero-order chi connectivity index (χ0) is 25.5. The van der Waals surface area contributed by atoms with Crippen LogP contribution in [0.1, 0.15) is 102 Å². The number of aryl methyl sites for hydroxylation is 1. The fraction of sp³-hybridized carbons (Fsp3) is 0.636. The van der Waals surface area contributed by atoms with Gasteiger partial charge in [0.25, 0.3) is 0 Å². The number of rotatable bonds is 10. The summed E-state index contributed by atoms with van der Waals surface area (Å²) in [6.07, 6.45) is 14.9. The molecular weight excluding hydrogens is 450 g/mol. The maximum absolute atomic E-state index is 15.6. The summed E-state index contributed by atoms with van der Waals surface area (Å²) >= 11 is 0. The Labute approximate surface area is 218 Å². The Balaban J connectivity index is 1.45. The van der Waals surface area contributed by atoms with E-state index in [0.29, 0.717) is 23.0 Å². The Morgan fingerprint density at radius 1 is 0.917 bits per heavy atom. The predicted molar refractivity (Wildman–Crippen MR) is 146 cm³/mol. The van der Waals surface area contributed by atoms with Gasteiger partial charge in [-0.3, -0.25) is 0 Å². The Hall–Kier alpha value is -1.74. The first kappa shape index (κ1) is 27.3. The molecule has 0 amide bonds. The van der Waals surface area contributed by atoms with Crippen molar-refractivity contribution in [3.05, 3.63) is 59.2 Å². The van der Waals surface area contributed by atoms with E-state index in [0.717, 1.165) is 62.2 Å². The third-order valence-electron chi connectivity index (χ3n) is 9.47. The molecule has 2 fully saturated rings. The van der Waals surface area contributed by atoms with E-state index < -0.39 is 0 Å². The number of ether oxygens (including phenoxy) is 1. The summed E-state index contributed by atoms with van der Waals surface area (Å²) in [6.45, 7) is 5.39. The van der Waals surface area contributed by atoms with Crippen molar-refractivity contribution in [1.82, 2.24) is 0 Å². The summed E-state index contributed by atoms with van der Waals surface area (Å²) in [4.78, 5) is 0. The molecule has 2 aromatic rings. The third-order valence-corrected chi connectivity index (χ3v) is 9.47. The van der Waals surface area contributed by atoms with Crippen LogP contribution in [0.2, 0.25) is 0 Å². The van der Waals surface area contributed by atoms with Crippen molar-refractivity contribution in [3.8, 4) is 11.1 Å². The average Bonchev–Trinajstić information content (AvgIpc) is 2.89. The predicted octanol–water partition coefficient (Wildman–Crippen LogP) is 9.66. The molecule has 0 N–H and O–H groups in total. The van der Waals surface area contributed by atoms with E-state index in [-0.39, 0.29) is 17.0 Å². The lowest BCUT2D eigenvalue weighted by molar-refractivity contribution is 0.117. The molecule has 0 saturated heterocycles. The Kier molecular flexibility index (Phi) is 9.61. The van der Waals surface area contributed by atoms with Gasteiger partial charge in [-0.15, -0.1) is 0 Å². The molecule has 0 heterocycles. The van der Waals surface area contributed by atoms with Gasteiger partial charge in [-0.2, -0.15) is 0 Å². The second-order valence-electron chi connectivity index (χ2n) is 11.8. The van der Waals surface area contributed by atoms with Crippen molar-refractivity contribution in [3.63, 3.8) is 0 Å². The second-order valence-corrected chi connectivity index (χ2v) is 11.8. The van der Waals surface area contributed by atoms with Crippen LogP contribution in [0, 0.1) is 29.4 Å². The molecule has 0 radical (unpaired) electrons. The zero-order valence-electron chi connectivity index (χ0n) is 22.8. The molecule has 0 bridgehead atoms. The van der Waals surface area contributed by atoms with Gasteiger partial charge in [-0.25, -0.2) is 8.78 Å². The van der Waals surface area contributed by atoms with Crippen LogP contribution in [-0.4, -0.2) is 13.7 Å². The Bertz CT molecular complexity index is 970. The lowest BCUT2D eigenvalue weighted by Crippen LogP contribution is -2.37. The highest BCUT2D eigenvalue weighted by molar-refractivity contribution is 5.65. The van der Waals surface area contributed by atoms with E-state index >= 15 is 8.78 Å². The number of hydrogen-bond acceptors (Lipinski definition) is 1. The van der Waals surface area contributed by atoms with Gasteiger partial charge in [0.05, 0.1) is 0 Å². The molecule has 3 heteroatoms. The van der Waals surface area contributed by atoms with Gasteiger partial charge in [0.15, 0.2) is 0 Å². The molecule has 36 heavy (non-hydrogen) atoms. The standard InChI is InChI=1S/C33H46F2O/c1-4-8-24(2)33(19-6-5-7-20-33)30-18-16-28(22-32(30)35)29-17-15-26(21-31(29)34)12-9-25-10-13-27(14-11-25)23-36-3/h15-18,21-22,24-25,27H,4-14,19-20,23H2,1-3H3. The Morgan fingerprint density at radius 2 is 1.64 bits per heavy atom. The molecule has 0 aliphatic heterocycles. The second kappa shape index (κ2) is 12.7. The van der Waals surface area contributed by atoms with Crippen LogP contribution in [0.3, 0.4) is 0 Å². The van der Waals surface area contributed by atoms with Crippen molar-refractivity contribution >= 4 is 0 Å². The minimum atomic E-state index is -0.241. The number of halogens is 2. The molecule has 2 aliphatic carbocycles. The largest absolute Gasteiger partial charge is 0.384 e. The first-order chi connectivity index (χ1) is 17.5. The van der Waals surface area contributed by atoms with Crippen molar-refractivity contribution in [1.29, 1.82) is 0 Å². The summed E-state index contributed by atoms with van der Waals surface area (Å²) in [5.41, 5.74) is 2.96. The SMILES string of the molecule is CCCC(C)C1(c2ccc(-c3ccc(CCC4CCC(COC)CC4)cc3F)cc2F)CCCCC1. The molecule has 2 aromatic carbocycles. The van der Waals surface area contributed by atoms with Crippen LogP contribution in [0.4, 0.5) is 8.78 Å². The smallest absolute Gasteiger partial charge is 0.131 e. The lowest BCUT2D eigenvalue weighted by atomic mass is 9.61. The van der Waals surface area contributed by atoms with Gasteiger partial charge >= 0.3 is 0 Å². The van der Waals surface area contributed by atoms with Crippen LogP contribution in [0.25, 0.3) is 11.1 Å².